The van der Waals surface area contributed by atoms with Crippen molar-refractivity contribution in [1.82, 2.24) is 4.73 Å². The van der Waals surface area contributed by atoms with Gasteiger partial charge in [-0.25, -0.2) is 4.79 Å². The maximum absolute atomic E-state index is 13.2. The van der Waals surface area contributed by atoms with Gasteiger partial charge in [0, 0.05) is 42.7 Å². The summed E-state index contributed by atoms with van der Waals surface area (Å²) in [6.45, 7) is 4.82. The van der Waals surface area contributed by atoms with Gasteiger partial charge in [0.05, 0.1) is 18.1 Å². The van der Waals surface area contributed by atoms with Crippen LogP contribution < -0.4 is 9.57 Å². The number of nitrogens with zero attached hydrogens (tertiary/aromatic N) is 2. The lowest BCUT2D eigenvalue weighted by molar-refractivity contribution is -0.438. The van der Waals surface area contributed by atoms with Crippen molar-refractivity contribution in [2.45, 2.75) is 50.9 Å². The summed E-state index contributed by atoms with van der Waals surface area (Å²) in [5.74, 6) is -1.77. The van der Waals surface area contributed by atoms with E-state index in [4.69, 9.17) is 9.57 Å². The molecule has 5 rings (SSSR count). The molecule has 2 heterocycles. The average molecular weight is 558 g/mol. The summed E-state index contributed by atoms with van der Waals surface area (Å²) in [4.78, 5) is 43.6. The predicted molar refractivity (Wildman–Crippen MR) is 151 cm³/mol. The number of ether oxygens (including phenoxy) is 1. The molecule has 2 aromatic carbocycles. The molecule has 1 aliphatic carbocycles. The molecular formula is C32H33N2O7+. The Balaban J connectivity index is 1.29. The lowest BCUT2D eigenvalue weighted by atomic mass is 9.71. The number of allylic oxidation sites excluding steroid dienone is 2. The smallest absolute Gasteiger partial charge is 0.333 e. The Labute approximate surface area is 237 Å². The largest absolute Gasteiger partial charge is 0.497 e. The van der Waals surface area contributed by atoms with E-state index in [1.54, 1.807) is 37.5 Å². The van der Waals surface area contributed by atoms with Crippen LogP contribution in [0.15, 0.2) is 72.3 Å². The normalized spacial score (nSPS) is 17.3. The molecule has 2 aliphatic rings. The molecule has 9 nitrogen and oxygen atoms in total. The summed E-state index contributed by atoms with van der Waals surface area (Å²) < 4.78 is 8.03. The zero-order chi connectivity index (χ0) is 29.3. The molecule has 3 aromatic rings. The molecule has 9 heteroatoms. The van der Waals surface area contributed by atoms with Crippen molar-refractivity contribution in [2.24, 2.45) is 0 Å². The van der Waals surface area contributed by atoms with E-state index in [0.717, 1.165) is 29.8 Å². The van der Waals surface area contributed by atoms with Gasteiger partial charge in [0.15, 0.2) is 17.3 Å². The summed E-state index contributed by atoms with van der Waals surface area (Å²) in [5.41, 5.74) is 3.50. The Hall–Kier alpha value is -4.66. The van der Waals surface area contributed by atoms with E-state index in [9.17, 15) is 24.6 Å². The van der Waals surface area contributed by atoms with Crippen LogP contribution in [0.3, 0.4) is 0 Å². The van der Waals surface area contributed by atoms with Crippen LogP contribution in [0, 0.1) is 0 Å². The molecule has 1 aromatic heterocycles. The number of hydrogen-bond donors (Lipinski definition) is 2. The molecule has 0 amide bonds. The van der Waals surface area contributed by atoms with E-state index in [1.807, 2.05) is 18.2 Å². The molecule has 1 fully saturated rings. The number of unbranched alkanes of at least 4 members (excludes halogenated alkanes) is 2. The van der Waals surface area contributed by atoms with Crippen molar-refractivity contribution >= 4 is 28.9 Å². The second-order valence-corrected chi connectivity index (χ2v) is 10.8. The molecular weight excluding hydrogens is 524 g/mol. The number of carbonyl (C=O) groups excluding carboxylic acids is 3. The minimum atomic E-state index is -0.789. The maximum Gasteiger partial charge on any atom is 0.333 e. The molecule has 1 saturated carbocycles. The van der Waals surface area contributed by atoms with Crippen LogP contribution in [0.1, 0.15) is 56.6 Å². The number of hydrogen-bond acceptors (Lipinski definition) is 7. The Morgan fingerprint density at radius 1 is 0.951 bits per heavy atom. The molecule has 0 atom stereocenters. The number of benzene rings is 2. The summed E-state index contributed by atoms with van der Waals surface area (Å²) >= 11 is 0. The topological polar surface area (TPSA) is 118 Å². The maximum atomic E-state index is 13.2. The quantitative estimate of drug-likeness (QED) is 0.125. The van der Waals surface area contributed by atoms with E-state index in [-0.39, 0.29) is 35.3 Å². The first-order valence-corrected chi connectivity index (χ1v) is 13.6. The highest BCUT2D eigenvalue weighted by atomic mass is 16.7. The fraction of sp³-hybridized carbons (Fsp3) is 0.312. The van der Waals surface area contributed by atoms with Gasteiger partial charge in [0.1, 0.15) is 18.2 Å². The molecule has 2 N–H and O–H groups in total. The number of ketones is 2. The lowest BCUT2D eigenvalue weighted by Gasteiger charge is -2.27. The number of carbonyl (C=O) groups is 3. The molecule has 0 saturated heterocycles. The second-order valence-electron chi connectivity index (χ2n) is 10.8. The third-order valence-electron chi connectivity index (χ3n) is 7.84. The highest BCUT2D eigenvalue weighted by Crippen LogP contribution is 2.42. The molecule has 0 radical (unpaired) electrons. The van der Waals surface area contributed by atoms with Gasteiger partial charge >= 0.3 is 5.97 Å². The number of rotatable bonds is 10. The van der Waals surface area contributed by atoms with E-state index >= 15 is 0 Å². The van der Waals surface area contributed by atoms with Crippen LogP contribution >= 0.6 is 0 Å². The molecule has 0 unspecified atom stereocenters. The van der Waals surface area contributed by atoms with Gasteiger partial charge < -0.3 is 19.8 Å². The summed E-state index contributed by atoms with van der Waals surface area (Å²) in [6.07, 6.45) is 3.91. The van der Waals surface area contributed by atoms with Gasteiger partial charge in [-0.2, -0.15) is 4.58 Å². The summed E-state index contributed by atoms with van der Waals surface area (Å²) in [6, 6.07) is 17.5. The van der Waals surface area contributed by atoms with Gasteiger partial charge in [-0.05, 0) is 44.4 Å². The van der Waals surface area contributed by atoms with E-state index in [2.05, 4.69) is 24.5 Å². The van der Waals surface area contributed by atoms with Gasteiger partial charge in [-0.3, -0.25) is 9.59 Å². The minimum Gasteiger partial charge on any atom is -0.497 e. The van der Waals surface area contributed by atoms with Crippen molar-refractivity contribution in [1.29, 1.82) is 0 Å². The fourth-order valence-electron chi connectivity index (χ4n) is 5.55. The number of para-hydroxylation sites is 1. The molecule has 0 spiro atoms. The Bertz CT molecular complexity index is 1540. The number of Topliss-reactive ketones (excluding diaryl/α,β-unsaturated/α-hetero) is 2. The van der Waals surface area contributed by atoms with Crippen LogP contribution in [-0.4, -0.2) is 56.4 Å². The van der Waals surface area contributed by atoms with Gasteiger partial charge in [-0.15, -0.1) is 4.73 Å². The third kappa shape index (κ3) is 5.15. The van der Waals surface area contributed by atoms with Gasteiger partial charge in [-0.1, -0.05) is 30.3 Å². The van der Waals surface area contributed by atoms with Crippen LogP contribution in [0.4, 0.5) is 5.69 Å². The SMILES string of the molecule is COc1ccc(C2C(=O)C(=CC3=[N+](CCCCCC(=O)On4c(O)ccc4O)c4ccccc4C3(C)C)C2=O)cc1. The predicted octanol–water partition coefficient (Wildman–Crippen LogP) is 4.36. The standard InChI is InChI=1S/C32H32N2O7/c1-32(2)23-9-6-7-10-24(23)33(18-8-4-5-11-28(37)41-34-26(35)16-17-27(34)36)25(32)19-22-30(38)29(31(22)39)20-12-14-21(40-3)15-13-20/h6-7,9-10,12-17,19,29H,4-5,8,11,18H2,1-3H3,(H,38,39)/p+1. The van der Waals surface area contributed by atoms with Gasteiger partial charge in [0.2, 0.25) is 17.4 Å². The number of methoxy groups -OCH3 is 1. The van der Waals surface area contributed by atoms with Gasteiger partial charge in [0.25, 0.3) is 0 Å². The first-order valence-electron chi connectivity index (χ1n) is 13.6. The van der Waals surface area contributed by atoms with Crippen molar-refractivity contribution in [3.05, 3.63) is 83.4 Å². The first kappa shape index (κ1) is 27.9. The van der Waals surface area contributed by atoms with Crippen LogP contribution in [0.2, 0.25) is 0 Å². The van der Waals surface area contributed by atoms with Crippen LogP contribution in [-0.2, 0) is 19.8 Å². The highest BCUT2D eigenvalue weighted by molar-refractivity contribution is 6.43. The fourth-order valence-corrected chi connectivity index (χ4v) is 5.55. The Kier molecular flexibility index (Phi) is 7.53. The zero-order valence-corrected chi connectivity index (χ0v) is 23.3. The van der Waals surface area contributed by atoms with Crippen LogP contribution in [0.5, 0.6) is 17.5 Å². The van der Waals surface area contributed by atoms with Crippen molar-refractivity contribution in [3.63, 3.8) is 0 Å². The summed E-state index contributed by atoms with van der Waals surface area (Å²) in [7, 11) is 1.57. The Morgan fingerprint density at radius 3 is 2.27 bits per heavy atom. The van der Waals surface area contributed by atoms with E-state index < -0.39 is 17.3 Å². The molecule has 212 valence electrons. The van der Waals surface area contributed by atoms with Crippen molar-refractivity contribution in [2.75, 3.05) is 13.7 Å². The number of aromatic hydroxyl groups is 2. The highest BCUT2D eigenvalue weighted by Gasteiger charge is 2.49. The molecule has 0 bridgehead atoms. The lowest BCUT2D eigenvalue weighted by Crippen LogP contribution is -2.40. The molecule has 41 heavy (non-hydrogen) atoms. The summed E-state index contributed by atoms with van der Waals surface area (Å²) in [5, 5.41) is 19.3. The zero-order valence-electron chi connectivity index (χ0n) is 23.3. The second kappa shape index (κ2) is 11.1. The van der Waals surface area contributed by atoms with Crippen molar-refractivity contribution < 1.29 is 38.7 Å². The van der Waals surface area contributed by atoms with Crippen molar-refractivity contribution in [3.8, 4) is 17.5 Å². The number of fused-ring (bicyclic) bond motifs is 1. The van der Waals surface area contributed by atoms with E-state index in [1.165, 1.54) is 12.1 Å². The average Bonchev–Trinajstić information content (AvgIpc) is 3.39. The Morgan fingerprint density at radius 2 is 1.61 bits per heavy atom. The van der Waals surface area contributed by atoms with Crippen LogP contribution in [0.25, 0.3) is 0 Å². The monoisotopic (exact) mass is 557 g/mol. The minimum absolute atomic E-state index is 0.121. The molecule has 1 aliphatic heterocycles. The first-order chi connectivity index (χ1) is 19.6. The number of aromatic nitrogens is 1. The third-order valence-corrected chi connectivity index (χ3v) is 7.84. The van der Waals surface area contributed by atoms with E-state index in [0.29, 0.717) is 29.0 Å².